The molecule has 3 N–H and O–H groups in total. The summed E-state index contributed by atoms with van der Waals surface area (Å²) in [7, 11) is 1.66. The Morgan fingerprint density at radius 3 is 2.83 bits per heavy atom. The van der Waals surface area contributed by atoms with Crippen molar-refractivity contribution < 1.29 is 14.3 Å². The summed E-state index contributed by atoms with van der Waals surface area (Å²) in [4.78, 5) is 25.7. The number of carbonyl (C=O) groups is 2. The number of benzene rings is 1. The van der Waals surface area contributed by atoms with E-state index in [0.29, 0.717) is 31.9 Å². The third-order valence-electron chi connectivity index (χ3n) is 3.87. The van der Waals surface area contributed by atoms with Gasteiger partial charge in [-0.2, -0.15) is 0 Å². The Bertz CT molecular complexity index is 577. The van der Waals surface area contributed by atoms with Crippen molar-refractivity contribution in [1.82, 2.24) is 10.6 Å². The molecule has 0 bridgehead atoms. The number of anilines is 2. The molecule has 132 valence electrons. The number of nitrogens with zero attached hydrogens (tertiary/aromatic N) is 1. The highest BCUT2D eigenvalue weighted by Gasteiger charge is 2.24. The maximum atomic E-state index is 12.1. The molecule has 1 heterocycles. The lowest BCUT2D eigenvalue weighted by atomic mass is 10.1. The molecule has 4 amide bonds. The highest BCUT2D eigenvalue weighted by atomic mass is 16.5. The summed E-state index contributed by atoms with van der Waals surface area (Å²) >= 11 is 0. The lowest BCUT2D eigenvalue weighted by molar-refractivity contribution is 0.192. The van der Waals surface area contributed by atoms with Gasteiger partial charge in [0.1, 0.15) is 0 Å². The standard InChI is InChI=1S/C17H26N4O3/c1-3-18-17(23)21-10-8-13-6-7-14(12-15(13)21)20-16(22)19-9-4-5-11-24-2/h6-7,12H,3-5,8-11H2,1-2H3,(H,18,23)(H2,19,20,22). The second-order valence-corrected chi connectivity index (χ2v) is 5.66. The number of urea groups is 2. The van der Waals surface area contributed by atoms with Crippen molar-refractivity contribution >= 4 is 23.4 Å². The van der Waals surface area contributed by atoms with Gasteiger partial charge < -0.3 is 20.7 Å². The van der Waals surface area contributed by atoms with Crippen molar-refractivity contribution in [3.05, 3.63) is 23.8 Å². The quantitative estimate of drug-likeness (QED) is 0.669. The van der Waals surface area contributed by atoms with Crippen molar-refractivity contribution in [3.8, 4) is 0 Å². The van der Waals surface area contributed by atoms with E-state index < -0.39 is 0 Å². The van der Waals surface area contributed by atoms with Gasteiger partial charge >= 0.3 is 12.1 Å². The molecule has 0 fully saturated rings. The van der Waals surface area contributed by atoms with Crippen LogP contribution in [0.3, 0.4) is 0 Å². The molecule has 0 atom stereocenters. The van der Waals surface area contributed by atoms with E-state index in [1.807, 2.05) is 25.1 Å². The van der Waals surface area contributed by atoms with Gasteiger partial charge in [-0.3, -0.25) is 4.90 Å². The molecule has 24 heavy (non-hydrogen) atoms. The van der Waals surface area contributed by atoms with Crippen LogP contribution in [0.15, 0.2) is 18.2 Å². The smallest absolute Gasteiger partial charge is 0.321 e. The molecule has 1 aliphatic heterocycles. The number of methoxy groups -OCH3 is 1. The fraction of sp³-hybridized carbons (Fsp3) is 0.529. The van der Waals surface area contributed by atoms with Crippen molar-refractivity contribution in [2.24, 2.45) is 0 Å². The van der Waals surface area contributed by atoms with Gasteiger partial charge in [-0.25, -0.2) is 9.59 Å². The molecule has 0 spiro atoms. The number of fused-ring (bicyclic) bond motifs is 1. The Labute approximate surface area is 142 Å². The average molecular weight is 334 g/mol. The molecule has 0 saturated heterocycles. The zero-order chi connectivity index (χ0) is 17.4. The number of amides is 4. The second kappa shape index (κ2) is 9.12. The summed E-state index contributed by atoms with van der Waals surface area (Å²) in [5, 5.41) is 8.44. The largest absolute Gasteiger partial charge is 0.385 e. The Morgan fingerprint density at radius 2 is 2.08 bits per heavy atom. The molecule has 1 aromatic carbocycles. The van der Waals surface area contributed by atoms with Crippen LogP contribution in [0, 0.1) is 0 Å². The monoisotopic (exact) mass is 334 g/mol. The molecule has 2 rings (SSSR count). The van der Waals surface area contributed by atoms with E-state index in [1.165, 1.54) is 0 Å². The fourth-order valence-corrected chi connectivity index (χ4v) is 2.66. The highest BCUT2D eigenvalue weighted by Crippen LogP contribution is 2.30. The number of hydrogen-bond donors (Lipinski definition) is 3. The van der Waals surface area contributed by atoms with Crippen molar-refractivity contribution in [1.29, 1.82) is 0 Å². The van der Waals surface area contributed by atoms with E-state index in [9.17, 15) is 9.59 Å². The van der Waals surface area contributed by atoms with Crippen molar-refractivity contribution in [2.75, 3.05) is 43.6 Å². The Morgan fingerprint density at radius 1 is 1.25 bits per heavy atom. The van der Waals surface area contributed by atoms with Gasteiger partial charge in [0.05, 0.1) is 5.69 Å². The molecule has 1 aliphatic rings. The van der Waals surface area contributed by atoms with Crippen LogP contribution in [-0.4, -0.2) is 45.4 Å². The number of hydrogen-bond acceptors (Lipinski definition) is 3. The van der Waals surface area contributed by atoms with Crippen LogP contribution in [0.4, 0.5) is 21.0 Å². The van der Waals surface area contributed by atoms with Gasteiger partial charge in [-0.1, -0.05) is 6.07 Å². The van der Waals surface area contributed by atoms with Gasteiger partial charge in [0.2, 0.25) is 0 Å². The minimum absolute atomic E-state index is 0.101. The number of ether oxygens (including phenoxy) is 1. The van der Waals surface area contributed by atoms with Crippen LogP contribution in [0.5, 0.6) is 0 Å². The fourth-order valence-electron chi connectivity index (χ4n) is 2.66. The molecule has 0 aliphatic carbocycles. The first-order chi connectivity index (χ1) is 11.7. The molecule has 0 radical (unpaired) electrons. The third kappa shape index (κ3) is 4.86. The highest BCUT2D eigenvalue weighted by molar-refractivity contribution is 5.96. The SMILES string of the molecule is CCNC(=O)N1CCc2ccc(NC(=O)NCCCCOC)cc21. The van der Waals surface area contributed by atoms with E-state index >= 15 is 0 Å². The van der Waals surface area contributed by atoms with Crippen LogP contribution in [0.1, 0.15) is 25.3 Å². The van der Waals surface area contributed by atoms with Gasteiger partial charge in [-0.05, 0) is 43.9 Å². The minimum atomic E-state index is -0.241. The molecule has 0 unspecified atom stereocenters. The zero-order valence-electron chi connectivity index (χ0n) is 14.4. The summed E-state index contributed by atoms with van der Waals surface area (Å²) in [6.07, 6.45) is 2.62. The zero-order valence-corrected chi connectivity index (χ0v) is 14.4. The lowest BCUT2D eigenvalue weighted by Crippen LogP contribution is -2.38. The number of nitrogens with one attached hydrogen (secondary N) is 3. The summed E-state index contributed by atoms with van der Waals surface area (Å²) < 4.78 is 4.97. The molecular formula is C17H26N4O3. The molecule has 7 heteroatoms. The summed E-state index contributed by atoms with van der Waals surface area (Å²) in [5.74, 6) is 0. The maximum absolute atomic E-state index is 12.1. The summed E-state index contributed by atoms with van der Waals surface area (Å²) in [5.41, 5.74) is 2.66. The predicted octanol–water partition coefficient (Wildman–Crippen LogP) is 2.33. The average Bonchev–Trinajstić information content (AvgIpc) is 2.98. The van der Waals surface area contributed by atoms with E-state index in [-0.39, 0.29) is 12.1 Å². The first kappa shape index (κ1) is 18.1. The first-order valence-corrected chi connectivity index (χ1v) is 8.37. The van der Waals surface area contributed by atoms with Crippen LogP contribution in [-0.2, 0) is 11.2 Å². The molecule has 0 aromatic heterocycles. The first-order valence-electron chi connectivity index (χ1n) is 8.37. The van der Waals surface area contributed by atoms with Crippen LogP contribution >= 0.6 is 0 Å². The Balaban J connectivity index is 1.90. The normalized spacial score (nSPS) is 12.7. The van der Waals surface area contributed by atoms with Crippen LogP contribution in [0.25, 0.3) is 0 Å². The van der Waals surface area contributed by atoms with Gasteiger partial charge in [0.25, 0.3) is 0 Å². The molecule has 7 nitrogen and oxygen atoms in total. The minimum Gasteiger partial charge on any atom is -0.385 e. The number of unbranched alkanes of at least 4 members (excludes halogenated alkanes) is 1. The van der Waals surface area contributed by atoms with Gasteiger partial charge in [0.15, 0.2) is 0 Å². The van der Waals surface area contributed by atoms with E-state index in [0.717, 1.165) is 30.5 Å². The van der Waals surface area contributed by atoms with Crippen molar-refractivity contribution in [2.45, 2.75) is 26.2 Å². The Hall–Kier alpha value is -2.28. The van der Waals surface area contributed by atoms with Crippen molar-refractivity contribution in [3.63, 3.8) is 0 Å². The van der Waals surface area contributed by atoms with Crippen LogP contribution in [0.2, 0.25) is 0 Å². The predicted molar refractivity (Wildman–Crippen MR) is 94.7 cm³/mol. The van der Waals surface area contributed by atoms with E-state index in [4.69, 9.17) is 4.74 Å². The van der Waals surface area contributed by atoms with Gasteiger partial charge in [-0.15, -0.1) is 0 Å². The van der Waals surface area contributed by atoms with E-state index in [1.54, 1.807) is 12.0 Å². The van der Waals surface area contributed by atoms with Gasteiger partial charge in [0, 0.05) is 39.0 Å². The van der Waals surface area contributed by atoms with Crippen LogP contribution < -0.4 is 20.9 Å². The Kier molecular flexibility index (Phi) is 6.87. The topological polar surface area (TPSA) is 82.7 Å². The second-order valence-electron chi connectivity index (χ2n) is 5.66. The van der Waals surface area contributed by atoms with E-state index in [2.05, 4.69) is 16.0 Å². The number of rotatable bonds is 7. The lowest BCUT2D eigenvalue weighted by Gasteiger charge is -2.18. The summed E-state index contributed by atoms with van der Waals surface area (Å²) in [6.45, 7) is 4.45. The summed E-state index contributed by atoms with van der Waals surface area (Å²) in [6, 6.07) is 5.33. The molecular weight excluding hydrogens is 308 g/mol. The maximum Gasteiger partial charge on any atom is 0.321 e. The third-order valence-corrected chi connectivity index (χ3v) is 3.87. The molecule has 1 aromatic rings. The molecule has 0 saturated carbocycles. The number of carbonyl (C=O) groups excluding carboxylic acids is 2.